The van der Waals surface area contributed by atoms with Crippen LogP contribution in [0, 0.1) is 0 Å². The molecule has 0 atom stereocenters. The molecule has 2 aromatic rings. The van der Waals surface area contributed by atoms with Crippen LogP contribution >= 0.6 is 11.3 Å². The summed E-state index contributed by atoms with van der Waals surface area (Å²) in [6, 6.07) is 1.90. The van der Waals surface area contributed by atoms with Gasteiger partial charge in [-0.1, -0.05) is 0 Å². The lowest BCUT2D eigenvalue weighted by Crippen LogP contribution is -2.16. The summed E-state index contributed by atoms with van der Waals surface area (Å²) in [5.41, 5.74) is 0.885. The van der Waals surface area contributed by atoms with Crippen LogP contribution in [0.2, 0.25) is 0 Å². The molecule has 20 heavy (non-hydrogen) atoms. The first-order chi connectivity index (χ1) is 9.81. The number of rotatable bonds is 8. The van der Waals surface area contributed by atoms with Crippen molar-refractivity contribution in [1.29, 1.82) is 0 Å². The maximum atomic E-state index is 11.7. The third kappa shape index (κ3) is 4.10. The van der Waals surface area contributed by atoms with E-state index in [-0.39, 0.29) is 19.1 Å². The quantitative estimate of drug-likeness (QED) is 0.579. The van der Waals surface area contributed by atoms with Crippen LogP contribution in [0.1, 0.15) is 19.3 Å². The second-order valence-corrected chi connectivity index (χ2v) is 4.96. The molecule has 0 amide bonds. The largest absolute Gasteiger partial charge is 0.464 e. The molecule has 108 valence electrons. The van der Waals surface area contributed by atoms with E-state index in [9.17, 15) is 4.79 Å². The second-order valence-electron chi connectivity index (χ2n) is 4.18. The van der Waals surface area contributed by atoms with Gasteiger partial charge in [0.05, 0.1) is 6.61 Å². The highest BCUT2D eigenvalue weighted by Crippen LogP contribution is 2.18. The van der Waals surface area contributed by atoms with Crippen LogP contribution in [0.25, 0.3) is 11.4 Å². The molecule has 2 aromatic heterocycles. The summed E-state index contributed by atoms with van der Waals surface area (Å²) < 4.78 is 6.53. The Balaban J connectivity index is 1.82. The van der Waals surface area contributed by atoms with E-state index in [2.05, 4.69) is 15.5 Å². The molecular weight excluding hydrogens is 280 g/mol. The van der Waals surface area contributed by atoms with E-state index in [1.54, 1.807) is 11.3 Å². The highest BCUT2D eigenvalue weighted by Gasteiger charge is 2.13. The number of aromatic nitrogens is 4. The van der Waals surface area contributed by atoms with Crippen molar-refractivity contribution in [2.45, 2.75) is 25.8 Å². The summed E-state index contributed by atoms with van der Waals surface area (Å²) in [6.07, 6.45) is 2.32. The maximum absolute atomic E-state index is 11.7. The zero-order chi connectivity index (χ0) is 14.2. The average Bonchev–Trinajstić information content (AvgIpc) is 3.08. The van der Waals surface area contributed by atoms with Crippen molar-refractivity contribution < 1.29 is 14.6 Å². The molecule has 0 bridgehead atoms. The van der Waals surface area contributed by atoms with Crippen molar-refractivity contribution in [1.82, 2.24) is 20.2 Å². The predicted octanol–water partition coefficient (Wildman–Crippen LogP) is 1.11. The summed E-state index contributed by atoms with van der Waals surface area (Å²) >= 11 is 1.54. The zero-order valence-electron chi connectivity index (χ0n) is 10.9. The van der Waals surface area contributed by atoms with E-state index in [1.807, 2.05) is 16.8 Å². The number of hydrogen-bond acceptors (Lipinski definition) is 7. The van der Waals surface area contributed by atoms with E-state index in [0.717, 1.165) is 24.8 Å². The van der Waals surface area contributed by atoms with Crippen LogP contribution < -0.4 is 0 Å². The minimum atomic E-state index is -0.363. The van der Waals surface area contributed by atoms with Crippen molar-refractivity contribution in [2.24, 2.45) is 0 Å². The maximum Gasteiger partial charge on any atom is 0.327 e. The second kappa shape index (κ2) is 7.71. The van der Waals surface area contributed by atoms with Crippen molar-refractivity contribution in [2.75, 3.05) is 13.2 Å². The first-order valence-corrected chi connectivity index (χ1v) is 7.31. The molecule has 0 aliphatic heterocycles. The van der Waals surface area contributed by atoms with Crippen LogP contribution in [-0.4, -0.2) is 44.5 Å². The molecule has 0 saturated heterocycles. The summed E-state index contributed by atoms with van der Waals surface area (Å²) in [7, 11) is 0. The Morgan fingerprint density at radius 3 is 3.05 bits per heavy atom. The first-order valence-electron chi connectivity index (χ1n) is 6.36. The normalized spacial score (nSPS) is 10.7. The molecule has 1 N–H and O–H groups in total. The first kappa shape index (κ1) is 14.6. The average molecular weight is 296 g/mol. The lowest BCUT2D eigenvalue weighted by Gasteiger charge is -2.05. The predicted molar refractivity (Wildman–Crippen MR) is 73.0 cm³/mol. The van der Waals surface area contributed by atoms with E-state index in [0.29, 0.717) is 12.4 Å². The van der Waals surface area contributed by atoms with Gasteiger partial charge in [0, 0.05) is 17.6 Å². The van der Waals surface area contributed by atoms with Gasteiger partial charge in [-0.05, 0) is 41.1 Å². The third-order valence-corrected chi connectivity index (χ3v) is 3.34. The Morgan fingerprint density at radius 2 is 2.30 bits per heavy atom. The van der Waals surface area contributed by atoms with E-state index < -0.39 is 0 Å². The highest BCUT2D eigenvalue weighted by atomic mass is 32.1. The van der Waals surface area contributed by atoms with Crippen LogP contribution in [-0.2, 0) is 16.1 Å². The number of unbranched alkanes of at least 4 members (excludes halogenated alkanes) is 2. The number of ether oxygens (including phenoxy) is 1. The van der Waals surface area contributed by atoms with Crippen molar-refractivity contribution in [3.8, 4) is 11.4 Å². The minimum absolute atomic E-state index is 0.00181. The molecular formula is C12H16N4O3S. The Kier molecular flexibility index (Phi) is 5.63. The minimum Gasteiger partial charge on any atom is -0.464 e. The molecule has 0 radical (unpaired) electrons. The Bertz CT molecular complexity index is 527. The van der Waals surface area contributed by atoms with Gasteiger partial charge in [-0.3, -0.25) is 4.79 Å². The van der Waals surface area contributed by atoms with Gasteiger partial charge in [-0.25, -0.2) is 4.68 Å². The summed E-state index contributed by atoms with van der Waals surface area (Å²) in [6.45, 7) is 0.523. The smallest absolute Gasteiger partial charge is 0.327 e. The lowest BCUT2D eigenvalue weighted by atomic mass is 10.2. The summed E-state index contributed by atoms with van der Waals surface area (Å²) in [5, 5.41) is 23.8. The monoisotopic (exact) mass is 296 g/mol. The lowest BCUT2D eigenvalue weighted by molar-refractivity contribution is -0.144. The van der Waals surface area contributed by atoms with Crippen LogP contribution in [0.3, 0.4) is 0 Å². The fourth-order valence-corrected chi connectivity index (χ4v) is 2.29. The molecule has 2 rings (SSSR count). The van der Waals surface area contributed by atoms with Crippen LogP contribution in [0.5, 0.6) is 0 Å². The van der Waals surface area contributed by atoms with Crippen molar-refractivity contribution >= 4 is 17.3 Å². The third-order valence-electron chi connectivity index (χ3n) is 2.66. The molecule has 0 aromatic carbocycles. The van der Waals surface area contributed by atoms with E-state index >= 15 is 0 Å². The molecule has 7 nitrogen and oxygen atoms in total. The van der Waals surface area contributed by atoms with E-state index in [1.165, 1.54) is 4.68 Å². The van der Waals surface area contributed by atoms with Crippen molar-refractivity contribution in [3.63, 3.8) is 0 Å². The zero-order valence-corrected chi connectivity index (χ0v) is 11.8. The molecule has 2 heterocycles. The molecule has 0 aliphatic rings. The van der Waals surface area contributed by atoms with Crippen LogP contribution in [0.15, 0.2) is 16.8 Å². The summed E-state index contributed by atoms with van der Waals surface area (Å²) in [5.74, 6) is 0.196. The molecule has 0 fully saturated rings. The number of hydrogen-bond donors (Lipinski definition) is 1. The molecule has 0 spiro atoms. The number of esters is 1. The standard InChI is InChI=1S/C12H16N4O3S/c17-5-2-1-3-6-19-11(18)8-16-12(13-14-15-16)10-4-7-20-9-10/h4,7,9,17H,1-3,5-6,8H2. The molecule has 8 heteroatoms. The fourth-order valence-electron chi connectivity index (χ4n) is 1.65. The van der Waals surface area contributed by atoms with Gasteiger partial charge in [0.25, 0.3) is 0 Å². The SMILES string of the molecule is O=C(Cn1nnnc1-c1ccsc1)OCCCCCO. The van der Waals surface area contributed by atoms with Gasteiger partial charge in [0.2, 0.25) is 0 Å². The number of nitrogens with zero attached hydrogens (tertiary/aromatic N) is 4. The number of carbonyl (C=O) groups is 1. The number of carbonyl (C=O) groups excluding carboxylic acids is 1. The molecule has 0 aliphatic carbocycles. The highest BCUT2D eigenvalue weighted by molar-refractivity contribution is 7.08. The van der Waals surface area contributed by atoms with Crippen LogP contribution in [0.4, 0.5) is 0 Å². The van der Waals surface area contributed by atoms with Gasteiger partial charge in [0.15, 0.2) is 5.82 Å². The Labute approximate surface area is 120 Å². The van der Waals surface area contributed by atoms with Gasteiger partial charge in [-0.2, -0.15) is 11.3 Å². The number of aliphatic hydroxyl groups excluding tert-OH is 1. The topological polar surface area (TPSA) is 90.1 Å². The molecule has 0 unspecified atom stereocenters. The Morgan fingerprint density at radius 1 is 1.40 bits per heavy atom. The van der Waals surface area contributed by atoms with E-state index in [4.69, 9.17) is 9.84 Å². The van der Waals surface area contributed by atoms with Gasteiger partial charge < -0.3 is 9.84 Å². The summed E-state index contributed by atoms with van der Waals surface area (Å²) in [4.78, 5) is 11.7. The number of tetrazole rings is 1. The van der Waals surface area contributed by atoms with Crippen molar-refractivity contribution in [3.05, 3.63) is 16.8 Å². The fraction of sp³-hybridized carbons (Fsp3) is 0.500. The molecule has 0 saturated carbocycles. The number of aliphatic hydroxyl groups is 1. The van der Waals surface area contributed by atoms with Gasteiger partial charge in [0.1, 0.15) is 6.54 Å². The Hall–Kier alpha value is -1.80. The van der Waals surface area contributed by atoms with Gasteiger partial charge in [-0.15, -0.1) is 5.10 Å². The van der Waals surface area contributed by atoms with Gasteiger partial charge >= 0.3 is 5.97 Å². The number of thiophene rings is 1.